The Balaban J connectivity index is 2.18. The summed E-state index contributed by atoms with van der Waals surface area (Å²) in [6.07, 6.45) is 0. The quantitative estimate of drug-likeness (QED) is 0.696. The van der Waals surface area contributed by atoms with Gasteiger partial charge in [0.2, 0.25) is 0 Å². The molecule has 1 amide bonds. The lowest BCUT2D eigenvalue weighted by Crippen LogP contribution is -2.39. The zero-order valence-electron chi connectivity index (χ0n) is 14.1. The minimum absolute atomic E-state index is 0.0140. The number of methoxy groups -OCH3 is 1. The van der Waals surface area contributed by atoms with E-state index in [4.69, 9.17) is 11.6 Å². The van der Waals surface area contributed by atoms with Crippen molar-refractivity contribution in [3.8, 4) is 0 Å². The van der Waals surface area contributed by atoms with E-state index in [0.717, 1.165) is 11.3 Å². The predicted octanol–water partition coefficient (Wildman–Crippen LogP) is 2.20. The van der Waals surface area contributed by atoms with Gasteiger partial charge >= 0.3 is 5.97 Å². The molecule has 0 aliphatic carbocycles. The first-order valence-corrected chi connectivity index (χ1v) is 9.96. The zero-order chi connectivity index (χ0) is 19.5. The molecule has 2 aromatic rings. The fraction of sp³-hybridized carbons (Fsp3) is 0.267. The molecule has 1 atom stereocenters. The van der Waals surface area contributed by atoms with Crippen molar-refractivity contribution in [3.05, 3.63) is 39.9 Å². The van der Waals surface area contributed by atoms with Crippen LogP contribution in [0.1, 0.15) is 22.3 Å². The van der Waals surface area contributed by atoms with Gasteiger partial charge in [-0.3, -0.25) is 9.52 Å². The Labute approximate surface area is 159 Å². The van der Waals surface area contributed by atoms with Crippen molar-refractivity contribution >= 4 is 50.0 Å². The number of sulfonamides is 1. The lowest BCUT2D eigenvalue weighted by atomic mass is 10.3. The van der Waals surface area contributed by atoms with Crippen LogP contribution in [0.15, 0.2) is 29.2 Å². The summed E-state index contributed by atoms with van der Waals surface area (Å²) in [6, 6.07) is 4.78. The van der Waals surface area contributed by atoms with Crippen molar-refractivity contribution in [2.45, 2.75) is 24.8 Å². The maximum atomic E-state index is 12.4. The van der Waals surface area contributed by atoms with Crippen LogP contribution in [0.3, 0.4) is 0 Å². The number of esters is 1. The third-order valence-electron chi connectivity index (χ3n) is 3.25. The molecular formula is C15H16ClN3O5S2. The second kappa shape index (κ2) is 8.02. The van der Waals surface area contributed by atoms with Gasteiger partial charge in [0, 0.05) is 5.02 Å². The summed E-state index contributed by atoms with van der Waals surface area (Å²) in [5, 5.41) is 2.91. The van der Waals surface area contributed by atoms with Crippen molar-refractivity contribution < 1.29 is 22.7 Å². The van der Waals surface area contributed by atoms with Crippen LogP contribution in [-0.4, -0.2) is 38.4 Å². The molecule has 1 aromatic carbocycles. The fourth-order valence-electron chi connectivity index (χ4n) is 1.94. The first-order valence-electron chi connectivity index (χ1n) is 7.28. The normalized spacial score (nSPS) is 12.3. The van der Waals surface area contributed by atoms with Crippen LogP contribution in [0.4, 0.5) is 5.13 Å². The minimum Gasteiger partial charge on any atom is -0.467 e. The van der Waals surface area contributed by atoms with E-state index in [0.29, 0.717) is 10.7 Å². The van der Waals surface area contributed by atoms with E-state index in [9.17, 15) is 18.0 Å². The Bertz CT molecular complexity index is 925. The first kappa shape index (κ1) is 20.1. The third kappa shape index (κ3) is 4.71. The molecule has 1 aromatic heterocycles. The highest BCUT2D eigenvalue weighted by atomic mass is 35.5. The number of nitrogens with zero attached hydrogens (tertiary/aromatic N) is 1. The van der Waals surface area contributed by atoms with E-state index < -0.39 is 27.9 Å². The Morgan fingerprint density at radius 2 is 1.88 bits per heavy atom. The van der Waals surface area contributed by atoms with E-state index in [-0.39, 0.29) is 14.9 Å². The van der Waals surface area contributed by atoms with Gasteiger partial charge in [0.15, 0.2) is 5.13 Å². The van der Waals surface area contributed by atoms with E-state index >= 15 is 0 Å². The lowest BCUT2D eigenvalue weighted by Gasteiger charge is -2.10. The number of carbonyl (C=O) groups excluding carboxylic acids is 2. The number of thiazole rings is 1. The number of halogens is 1. The maximum Gasteiger partial charge on any atom is 0.328 e. The lowest BCUT2D eigenvalue weighted by molar-refractivity contribution is -0.142. The number of hydrogen-bond acceptors (Lipinski definition) is 7. The van der Waals surface area contributed by atoms with Gasteiger partial charge in [0.05, 0.1) is 17.7 Å². The van der Waals surface area contributed by atoms with Gasteiger partial charge in [-0.25, -0.2) is 18.2 Å². The predicted molar refractivity (Wildman–Crippen MR) is 98.1 cm³/mol. The molecule has 2 rings (SSSR count). The highest BCUT2D eigenvalue weighted by Gasteiger charge is 2.23. The summed E-state index contributed by atoms with van der Waals surface area (Å²) in [4.78, 5) is 27.9. The summed E-state index contributed by atoms with van der Waals surface area (Å²) in [5.41, 5.74) is 0.332. The average Bonchev–Trinajstić information content (AvgIpc) is 2.94. The van der Waals surface area contributed by atoms with Crippen molar-refractivity contribution in [2.24, 2.45) is 0 Å². The summed E-state index contributed by atoms with van der Waals surface area (Å²) >= 11 is 6.61. The molecule has 26 heavy (non-hydrogen) atoms. The van der Waals surface area contributed by atoms with E-state index in [2.05, 4.69) is 19.8 Å². The number of carbonyl (C=O) groups is 2. The number of aryl methyl sites for hydroxylation is 1. The Kier molecular flexibility index (Phi) is 6.21. The Morgan fingerprint density at radius 3 is 2.46 bits per heavy atom. The molecule has 1 heterocycles. The summed E-state index contributed by atoms with van der Waals surface area (Å²) < 4.78 is 31.6. The number of rotatable bonds is 6. The largest absolute Gasteiger partial charge is 0.467 e. The van der Waals surface area contributed by atoms with Crippen LogP contribution in [0.5, 0.6) is 0 Å². The second-order valence-corrected chi connectivity index (χ2v) is 8.33. The summed E-state index contributed by atoms with van der Waals surface area (Å²) in [6.45, 7) is 3.04. The van der Waals surface area contributed by atoms with Crippen LogP contribution in [0.25, 0.3) is 0 Å². The number of nitrogens with one attached hydrogen (secondary N) is 2. The monoisotopic (exact) mass is 417 g/mol. The highest BCUT2D eigenvalue weighted by molar-refractivity contribution is 7.93. The van der Waals surface area contributed by atoms with Crippen molar-refractivity contribution in [2.75, 3.05) is 11.8 Å². The molecule has 0 bridgehead atoms. The molecule has 0 saturated heterocycles. The second-order valence-electron chi connectivity index (χ2n) is 5.21. The summed E-state index contributed by atoms with van der Waals surface area (Å²) in [5.74, 6) is -1.14. The highest BCUT2D eigenvalue weighted by Crippen LogP contribution is 2.25. The SMILES string of the molecule is COC(=O)C(C)NC(=O)c1sc(NS(=O)(=O)c2ccc(Cl)cc2)nc1C. The van der Waals surface area contributed by atoms with Gasteiger partial charge in [-0.15, -0.1) is 0 Å². The molecule has 0 spiro atoms. The number of anilines is 1. The van der Waals surface area contributed by atoms with Gasteiger partial charge in [0.25, 0.3) is 15.9 Å². The molecule has 0 aliphatic rings. The standard InChI is InChI=1S/C15H16ClN3O5S2/c1-8-12(13(20)17-9(2)14(21)24-3)25-15(18-8)19-26(22,23)11-6-4-10(16)5-7-11/h4-7,9H,1-3H3,(H,17,20)(H,18,19). The number of hydrogen-bond donors (Lipinski definition) is 2. The first-order chi connectivity index (χ1) is 12.1. The number of ether oxygens (including phenoxy) is 1. The molecule has 0 saturated carbocycles. The molecule has 0 aliphatic heterocycles. The van der Waals surface area contributed by atoms with Gasteiger partial charge in [0.1, 0.15) is 10.9 Å². The molecular weight excluding hydrogens is 402 g/mol. The van der Waals surface area contributed by atoms with E-state index in [1.165, 1.54) is 38.3 Å². The fourth-order valence-corrected chi connectivity index (χ4v) is 4.17. The Morgan fingerprint density at radius 1 is 1.27 bits per heavy atom. The molecule has 8 nitrogen and oxygen atoms in total. The van der Waals surface area contributed by atoms with Crippen LogP contribution in [0.2, 0.25) is 5.02 Å². The van der Waals surface area contributed by atoms with Crippen molar-refractivity contribution in [1.82, 2.24) is 10.3 Å². The Hall–Kier alpha value is -2.17. The van der Waals surface area contributed by atoms with Gasteiger partial charge in [-0.05, 0) is 38.1 Å². The molecule has 1 unspecified atom stereocenters. The van der Waals surface area contributed by atoms with E-state index in [1.54, 1.807) is 6.92 Å². The third-order valence-corrected chi connectivity index (χ3v) is 6.06. The number of amides is 1. The van der Waals surface area contributed by atoms with E-state index in [1.807, 2.05) is 0 Å². The van der Waals surface area contributed by atoms with Crippen molar-refractivity contribution in [3.63, 3.8) is 0 Å². The maximum absolute atomic E-state index is 12.4. The molecule has 2 N–H and O–H groups in total. The topological polar surface area (TPSA) is 114 Å². The number of aromatic nitrogens is 1. The molecule has 140 valence electrons. The van der Waals surface area contributed by atoms with Gasteiger partial charge < -0.3 is 10.1 Å². The molecule has 11 heteroatoms. The zero-order valence-corrected chi connectivity index (χ0v) is 16.5. The summed E-state index contributed by atoms with van der Waals surface area (Å²) in [7, 11) is -2.65. The smallest absolute Gasteiger partial charge is 0.328 e. The van der Waals surface area contributed by atoms with Crippen LogP contribution < -0.4 is 10.0 Å². The van der Waals surface area contributed by atoms with Crippen LogP contribution in [0, 0.1) is 6.92 Å². The minimum atomic E-state index is -3.87. The van der Waals surface area contributed by atoms with Gasteiger partial charge in [-0.1, -0.05) is 22.9 Å². The molecule has 0 fully saturated rings. The van der Waals surface area contributed by atoms with Crippen LogP contribution in [-0.2, 0) is 19.6 Å². The number of benzene rings is 1. The van der Waals surface area contributed by atoms with Crippen molar-refractivity contribution in [1.29, 1.82) is 0 Å². The van der Waals surface area contributed by atoms with Gasteiger partial charge in [-0.2, -0.15) is 0 Å². The molecule has 0 radical (unpaired) electrons. The van der Waals surface area contributed by atoms with Crippen LogP contribution >= 0.6 is 22.9 Å². The average molecular weight is 418 g/mol.